The van der Waals surface area contributed by atoms with Gasteiger partial charge in [0, 0.05) is 5.41 Å². The lowest BCUT2D eigenvalue weighted by molar-refractivity contribution is -0.138. The summed E-state index contributed by atoms with van der Waals surface area (Å²) in [5.41, 5.74) is -1.51. The summed E-state index contributed by atoms with van der Waals surface area (Å²) in [5, 5.41) is 2.10. The van der Waals surface area contributed by atoms with Gasteiger partial charge >= 0.3 is 6.18 Å². The first-order valence-corrected chi connectivity index (χ1v) is 6.77. The van der Waals surface area contributed by atoms with Crippen LogP contribution < -0.4 is 5.32 Å². The van der Waals surface area contributed by atoms with Crippen LogP contribution in [0.5, 0.6) is 0 Å². The van der Waals surface area contributed by atoms with E-state index in [1.165, 1.54) is 28.7 Å². The van der Waals surface area contributed by atoms with Crippen LogP contribution in [0, 0.1) is 8.99 Å². The molecule has 0 aliphatic heterocycles. The molecule has 1 aromatic carbocycles. The molecule has 0 fully saturated rings. The molecule has 0 radical (unpaired) electrons. The fraction of sp³-hybridized carbons (Fsp3) is 0.417. The maximum Gasteiger partial charge on any atom is 0.418 e. The number of hydrogen-bond donors (Lipinski definition) is 1. The molecule has 1 amide bonds. The van der Waals surface area contributed by atoms with Crippen molar-refractivity contribution in [2.24, 2.45) is 5.41 Å². The van der Waals surface area contributed by atoms with Crippen LogP contribution in [0.3, 0.4) is 0 Å². The Morgan fingerprint density at radius 3 is 2.21 bits per heavy atom. The molecule has 0 unspecified atom stereocenters. The number of carbonyl (C=O) groups excluding carboxylic acids is 1. The molecule has 1 aromatic rings. The van der Waals surface area contributed by atoms with Crippen LogP contribution in [-0.2, 0) is 11.0 Å². The molecule has 0 heterocycles. The zero-order valence-corrected chi connectivity index (χ0v) is 13.4. The summed E-state index contributed by atoms with van der Waals surface area (Å²) >= 11 is 7.11. The van der Waals surface area contributed by atoms with Crippen molar-refractivity contribution in [1.82, 2.24) is 0 Å². The summed E-state index contributed by atoms with van der Waals surface area (Å²) in [6, 6.07) is 2.49. The van der Waals surface area contributed by atoms with Crippen LogP contribution in [-0.4, -0.2) is 5.91 Å². The molecule has 0 bridgehead atoms. The normalized spacial score (nSPS) is 12.4. The van der Waals surface area contributed by atoms with Crippen LogP contribution in [0.25, 0.3) is 0 Å². The molecule has 0 atom stereocenters. The van der Waals surface area contributed by atoms with Crippen LogP contribution in [0.15, 0.2) is 12.1 Å². The molecule has 0 saturated heterocycles. The Hall–Kier alpha value is -0.500. The van der Waals surface area contributed by atoms with Crippen molar-refractivity contribution in [3.63, 3.8) is 0 Å². The number of alkyl halides is 3. The highest BCUT2D eigenvalue weighted by Gasteiger charge is 2.37. The van der Waals surface area contributed by atoms with Crippen LogP contribution in [0.2, 0.25) is 5.02 Å². The number of halogens is 5. The number of nitrogens with one attached hydrogen (secondary N) is 1. The van der Waals surface area contributed by atoms with E-state index in [0.29, 0.717) is 0 Å². The third-order valence-corrected chi connectivity index (χ3v) is 3.74. The molecule has 0 spiro atoms. The van der Waals surface area contributed by atoms with Gasteiger partial charge in [0.1, 0.15) is 0 Å². The Morgan fingerprint density at radius 1 is 1.26 bits per heavy atom. The van der Waals surface area contributed by atoms with Crippen LogP contribution >= 0.6 is 34.2 Å². The summed E-state index contributed by atoms with van der Waals surface area (Å²) in [6.07, 6.45) is -4.56. The smallest absolute Gasteiger partial charge is 0.325 e. The Labute approximate surface area is 127 Å². The molecule has 0 saturated carbocycles. The average Bonchev–Trinajstić information content (AvgIpc) is 2.18. The van der Waals surface area contributed by atoms with Crippen molar-refractivity contribution in [2.45, 2.75) is 26.9 Å². The molecular weight excluding hydrogens is 393 g/mol. The fourth-order valence-electron chi connectivity index (χ4n) is 1.22. The zero-order valence-electron chi connectivity index (χ0n) is 10.5. The van der Waals surface area contributed by atoms with Crippen LogP contribution in [0.4, 0.5) is 18.9 Å². The summed E-state index contributed by atoms with van der Waals surface area (Å²) in [6.45, 7) is 5.03. The summed E-state index contributed by atoms with van der Waals surface area (Å²) in [5.74, 6) is -0.360. The van der Waals surface area contributed by atoms with Gasteiger partial charge in [0.2, 0.25) is 5.91 Å². The molecule has 0 aliphatic carbocycles. The van der Waals surface area contributed by atoms with E-state index in [1.807, 2.05) is 0 Å². The van der Waals surface area contributed by atoms with E-state index in [9.17, 15) is 18.0 Å². The van der Waals surface area contributed by atoms with Gasteiger partial charge in [0.15, 0.2) is 0 Å². The number of amides is 1. The molecule has 1 N–H and O–H groups in total. The highest BCUT2D eigenvalue weighted by atomic mass is 127. The minimum atomic E-state index is -4.56. The predicted octanol–water partition coefficient (Wildman–Crippen LogP) is 4.95. The molecule has 0 aromatic heterocycles. The van der Waals surface area contributed by atoms with Crippen molar-refractivity contribution in [3.8, 4) is 0 Å². The Bertz CT molecular complexity index is 509. The minimum Gasteiger partial charge on any atom is -0.325 e. The lowest BCUT2D eigenvalue weighted by atomic mass is 9.95. The van der Waals surface area contributed by atoms with E-state index in [0.717, 1.165) is 6.07 Å². The third-order valence-electron chi connectivity index (χ3n) is 2.30. The van der Waals surface area contributed by atoms with E-state index in [4.69, 9.17) is 11.6 Å². The highest BCUT2D eigenvalue weighted by Crippen LogP contribution is 2.40. The summed E-state index contributed by atoms with van der Waals surface area (Å²) < 4.78 is 38.5. The Balaban J connectivity index is 3.23. The maximum absolute atomic E-state index is 12.9. The summed E-state index contributed by atoms with van der Waals surface area (Å²) in [7, 11) is 0. The second-order valence-corrected chi connectivity index (χ2v) is 6.47. The first-order valence-electron chi connectivity index (χ1n) is 5.31. The van der Waals surface area contributed by atoms with Gasteiger partial charge in [-0.2, -0.15) is 13.2 Å². The average molecular weight is 406 g/mol. The number of rotatable bonds is 1. The zero-order chi connectivity index (χ0) is 15.0. The minimum absolute atomic E-state index is 0.109. The third kappa shape index (κ3) is 3.98. The van der Waals surface area contributed by atoms with E-state index in [2.05, 4.69) is 5.32 Å². The van der Waals surface area contributed by atoms with Crippen molar-refractivity contribution in [1.29, 1.82) is 0 Å². The molecule has 1 rings (SSSR count). The first-order chi connectivity index (χ1) is 8.44. The maximum atomic E-state index is 12.9. The van der Waals surface area contributed by atoms with Gasteiger partial charge in [-0.1, -0.05) is 32.4 Å². The van der Waals surface area contributed by atoms with Gasteiger partial charge in [0.05, 0.1) is 19.8 Å². The van der Waals surface area contributed by atoms with Gasteiger partial charge < -0.3 is 5.32 Å². The largest absolute Gasteiger partial charge is 0.418 e. The molecular formula is C12H12ClF3INO. The van der Waals surface area contributed by atoms with Crippen molar-refractivity contribution < 1.29 is 18.0 Å². The Kier molecular flexibility index (Phi) is 4.77. The standard InChI is InChI=1S/C12H12ClF3INO/c1-11(2,3)10(19)18-7-5-4-6(13)8(9(7)17)12(14,15)16/h4-5H,1-3H3,(H,18,19). The van der Waals surface area contributed by atoms with Crippen LogP contribution in [0.1, 0.15) is 26.3 Å². The topological polar surface area (TPSA) is 29.1 Å². The quantitative estimate of drug-likeness (QED) is 0.658. The monoisotopic (exact) mass is 405 g/mol. The van der Waals surface area contributed by atoms with Gasteiger partial charge in [-0.3, -0.25) is 4.79 Å². The van der Waals surface area contributed by atoms with Gasteiger partial charge in [0.25, 0.3) is 0 Å². The summed E-state index contributed by atoms with van der Waals surface area (Å²) in [4.78, 5) is 11.8. The number of benzene rings is 1. The van der Waals surface area contributed by atoms with Crippen molar-refractivity contribution in [3.05, 3.63) is 26.3 Å². The van der Waals surface area contributed by atoms with E-state index in [1.54, 1.807) is 20.8 Å². The van der Waals surface area contributed by atoms with Gasteiger partial charge in [-0.25, -0.2) is 0 Å². The lowest BCUT2D eigenvalue weighted by Gasteiger charge is -2.20. The molecule has 19 heavy (non-hydrogen) atoms. The molecule has 2 nitrogen and oxygen atoms in total. The van der Waals surface area contributed by atoms with E-state index >= 15 is 0 Å². The second kappa shape index (κ2) is 5.47. The molecule has 106 valence electrons. The van der Waals surface area contributed by atoms with Gasteiger partial charge in [-0.05, 0) is 34.7 Å². The van der Waals surface area contributed by atoms with E-state index in [-0.39, 0.29) is 20.2 Å². The Morgan fingerprint density at radius 2 is 1.79 bits per heavy atom. The molecule has 7 heteroatoms. The number of carbonyl (C=O) groups is 1. The van der Waals surface area contributed by atoms with Crippen molar-refractivity contribution in [2.75, 3.05) is 5.32 Å². The SMILES string of the molecule is CC(C)(C)C(=O)Nc1ccc(Cl)c(C(F)(F)F)c1I. The lowest BCUT2D eigenvalue weighted by Crippen LogP contribution is -2.28. The number of anilines is 1. The van der Waals surface area contributed by atoms with E-state index < -0.39 is 17.2 Å². The molecule has 0 aliphatic rings. The van der Waals surface area contributed by atoms with Crippen molar-refractivity contribution >= 4 is 45.8 Å². The number of hydrogen-bond acceptors (Lipinski definition) is 1. The fourth-order valence-corrected chi connectivity index (χ4v) is 2.55. The second-order valence-electron chi connectivity index (χ2n) is 4.99. The van der Waals surface area contributed by atoms with Gasteiger partial charge in [-0.15, -0.1) is 0 Å². The predicted molar refractivity (Wildman–Crippen MR) is 77.3 cm³/mol. The highest BCUT2D eigenvalue weighted by molar-refractivity contribution is 14.1. The first kappa shape index (κ1) is 16.6.